The first-order valence-electron chi connectivity index (χ1n) is 13.8. The molecule has 1 aliphatic rings. The van der Waals surface area contributed by atoms with E-state index in [9.17, 15) is 29.4 Å². The molecule has 21 heteroatoms. The number of hydrogen-bond acceptors (Lipinski definition) is 14. The van der Waals surface area contributed by atoms with Gasteiger partial charge in [-0.15, -0.1) is 0 Å². The number of halogens is 2. The third-order valence-electron chi connectivity index (χ3n) is 7.05. The zero-order chi connectivity index (χ0) is 34.7. The summed E-state index contributed by atoms with van der Waals surface area (Å²) in [6, 6.07) is 6.15. The summed E-state index contributed by atoms with van der Waals surface area (Å²) in [6.07, 6.45) is -5.66. The number of hydrogen-bond donors (Lipinski definition) is 3. The number of nitrogens with one attached hydrogen (secondary N) is 1. The molecule has 1 aromatic carbocycles. The van der Waals surface area contributed by atoms with Crippen LogP contribution in [-0.2, 0) is 41.5 Å². The van der Waals surface area contributed by atoms with Crippen LogP contribution < -0.4 is 21.2 Å². The number of aliphatic hydroxyl groups excluding tert-OH is 1. The van der Waals surface area contributed by atoms with Crippen molar-refractivity contribution in [3.05, 3.63) is 74.6 Å². The zero-order valence-corrected chi connectivity index (χ0v) is 26.3. The Balaban J connectivity index is 1.52. The Morgan fingerprint density at radius 3 is 2.64 bits per heavy atom. The van der Waals surface area contributed by atoms with Gasteiger partial charge in [-0.3, -0.25) is 18.4 Å². The number of ether oxygens (including phenoxy) is 3. The van der Waals surface area contributed by atoms with Gasteiger partial charge in [-0.25, -0.2) is 19.0 Å². The van der Waals surface area contributed by atoms with Gasteiger partial charge in [0.1, 0.15) is 29.9 Å². The molecule has 0 bridgehead atoms. The second-order valence-corrected chi connectivity index (χ2v) is 12.1. The van der Waals surface area contributed by atoms with Crippen LogP contribution in [0, 0.1) is 10.1 Å². The zero-order valence-electron chi connectivity index (χ0n) is 25.4. The molecule has 47 heavy (non-hydrogen) atoms. The summed E-state index contributed by atoms with van der Waals surface area (Å²) < 4.78 is 72.5. The van der Waals surface area contributed by atoms with Gasteiger partial charge in [0, 0.05) is 11.8 Å². The third-order valence-corrected chi connectivity index (χ3v) is 8.71. The molecule has 3 aromatic rings. The normalized spacial score (nSPS) is 21.5. The lowest BCUT2D eigenvalue weighted by molar-refractivity contribution is -0.396. The number of imidazole rings is 1. The van der Waals surface area contributed by atoms with E-state index in [1.807, 2.05) is 0 Å². The van der Waals surface area contributed by atoms with Crippen LogP contribution in [0.3, 0.4) is 0 Å². The molecular formula is C26H32F2N7O11P. The number of nitrogens with zero attached hydrogens (tertiary/aromatic N) is 5. The average molecular weight is 688 g/mol. The molecule has 0 aliphatic carbocycles. The Morgan fingerprint density at radius 1 is 1.30 bits per heavy atom. The molecule has 2 aromatic heterocycles. The molecule has 0 saturated carbocycles. The molecule has 0 radical (unpaired) electrons. The van der Waals surface area contributed by atoms with E-state index in [1.54, 1.807) is 24.3 Å². The van der Waals surface area contributed by atoms with E-state index in [4.69, 9.17) is 29.0 Å². The third kappa shape index (κ3) is 7.80. The number of benzene rings is 1. The van der Waals surface area contributed by atoms with Gasteiger partial charge in [-0.2, -0.15) is 13.8 Å². The minimum absolute atomic E-state index is 0.183. The lowest BCUT2D eigenvalue weighted by Gasteiger charge is -2.25. The molecule has 1 saturated heterocycles. The maximum atomic E-state index is 15.1. The molecule has 4 rings (SSSR count). The first-order valence-corrected chi connectivity index (χ1v) is 15.3. The Labute approximate surface area is 265 Å². The number of nitrogens with two attached hydrogens (primary N) is 1. The lowest BCUT2D eigenvalue weighted by atomic mass is 10.1. The lowest BCUT2D eigenvalue weighted by Crippen LogP contribution is -2.42. The number of anilines is 1. The highest BCUT2D eigenvalue weighted by atomic mass is 31.2. The van der Waals surface area contributed by atoms with Crippen molar-refractivity contribution in [2.45, 2.75) is 57.0 Å². The number of aromatic nitrogens is 4. The Bertz CT molecular complexity index is 1720. The predicted molar refractivity (Wildman–Crippen MR) is 156 cm³/mol. The molecule has 18 nitrogen and oxygen atoms in total. The van der Waals surface area contributed by atoms with Gasteiger partial charge in [0.05, 0.1) is 27.4 Å². The molecule has 256 valence electrons. The van der Waals surface area contributed by atoms with E-state index in [0.29, 0.717) is 15.9 Å². The number of carbonyl (C=O) groups excluding carboxylic acids is 1. The molecular weight excluding hydrogens is 655 g/mol. The SMILES string of the molecule is COc1ccccc1COP(=O)(N[C@@H](C)C(=O)OC(C)c1cnc([N+](=O)[O-])n1C)OCC1O[C@@H](n2ccc(N)nc2=O)C(F)(F)[C@H]1O. The van der Waals surface area contributed by atoms with Crippen LogP contribution in [0.4, 0.5) is 20.5 Å². The largest absolute Gasteiger partial charge is 0.496 e. The fourth-order valence-electron chi connectivity index (χ4n) is 4.56. The number of para-hydroxylation sites is 1. The van der Waals surface area contributed by atoms with E-state index in [2.05, 4.69) is 15.1 Å². The molecule has 0 spiro atoms. The van der Waals surface area contributed by atoms with Crippen LogP contribution in [0.25, 0.3) is 0 Å². The molecule has 6 atom stereocenters. The quantitative estimate of drug-likeness (QED) is 0.0951. The highest BCUT2D eigenvalue weighted by molar-refractivity contribution is 7.51. The highest BCUT2D eigenvalue weighted by Crippen LogP contribution is 2.48. The van der Waals surface area contributed by atoms with Gasteiger partial charge in [-0.1, -0.05) is 23.2 Å². The Kier molecular flexibility index (Phi) is 10.7. The summed E-state index contributed by atoms with van der Waals surface area (Å²) in [4.78, 5) is 42.6. The summed E-state index contributed by atoms with van der Waals surface area (Å²) in [5.74, 6) is -5.39. The van der Waals surface area contributed by atoms with Crippen molar-refractivity contribution in [2.75, 3.05) is 19.5 Å². The maximum absolute atomic E-state index is 15.1. The summed E-state index contributed by atoms with van der Waals surface area (Å²) >= 11 is 0. The number of carbonyl (C=O) groups is 1. The Hall–Kier alpha value is -4.33. The molecule has 3 unspecified atom stereocenters. The standard InChI is InChI=1S/C26H32F2N7O11P/c1-14(22(37)45-15(2)17-11-30-24(33(17)3)35(39)40)32-47(41,43-12-16-7-5-6-8-18(16)42-4)44-13-19-21(36)26(27,28)23(46-19)34-10-9-20(29)31-25(34)38/h5-11,14-15,19,21,23,36H,12-13H2,1-4H3,(H,32,41)(H2,29,31,38)/t14-,15?,19?,21-,23+,47?/m0/s1. The van der Waals surface area contributed by atoms with Crippen LogP contribution in [0.5, 0.6) is 5.75 Å². The fraction of sp³-hybridized carbons (Fsp3) is 0.462. The van der Waals surface area contributed by atoms with Crippen LogP contribution in [-0.4, -0.2) is 73.0 Å². The van der Waals surface area contributed by atoms with E-state index >= 15 is 8.78 Å². The molecule has 0 amide bonds. The van der Waals surface area contributed by atoms with Crippen molar-refractivity contribution in [2.24, 2.45) is 7.05 Å². The number of esters is 1. The second-order valence-electron chi connectivity index (χ2n) is 10.3. The number of methoxy groups -OCH3 is 1. The van der Waals surface area contributed by atoms with Gasteiger partial charge >= 0.3 is 31.3 Å². The monoisotopic (exact) mass is 687 g/mol. The maximum Gasteiger partial charge on any atom is 0.434 e. The molecule has 1 fully saturated rings. The predicted octanol–water partition coefficient (Wildman–Crippen LogP) is 1.99. The summed E-state index contributed by atoms with van der Waals surface area (Å²) in [5, 5.41) is 23.9. The number of nitro groups is 1. The van der Waals surface area contributed by atoms with Gasteiger partial charge in [0.25, 0.3) is 0 Å². The first-order chi connectivity index (χ1) is 22.1. The van der Waals surface area contributed by atoms with Crippen LogP contribution in [0.15, 0.2) is 47.5 Å². The van der Waals surface area contributed by atoms with Gasteiger partial charge in [-0.05, 0) is 30.9 Å². The van der Waals surface area contributed by atoms with E-state index in [0.717, 1.165) is 23.0 Å². The topological polar surface area (TPSA) is 234 Å². The highest BCUT2D eigenvalue weighted by Gasteiger charge is 2.60. The summed E-state index contributed by atoms with van der Waals surface area (Å²) in [7, 11) is -1.89. The van der Waals surface area contributed by atoms with E-state index in [1.165, 1.54) is 28.0 Å². The first kappa shape index (κ1) is 35.5. The van der Waals surface area contributed by atoms with Gasteiger partial charge < -0.3 is 35.2 Å². The van der Waals surface area contributed by atoms with Crippen molar-refractivity contribution in [3.63, 3.8) is 0 Å². The Morgan fingerprint density at radius 2 is 2.00 bits per heavy atom. The summed E-state index contributed by atoms with van der Waals surface area (Å²) in [5.41, 5.74) is 4.84. The van der Waals surface area contributed by atoms with Crippen molar-refractivity contribution < 1.29 is 51.4 Å². The fourth-order valence-corrected chi connectivity index (χ4v) is 6.01. The minimum atomic E-state index is -4.63. The molecule has 3 heterocycles. The average Bonchev–Trinajstić information content (AvgIpc) is 3.51. The van der Waals surface area contributed by atoms with Crippen LogP contribution in [0.1, 0.15) is 37.4 Å². The van der Waals surface area contributed by atoms with Crippen LogP contribution >= 0.6 is 7.75 Å². The smallest absolute Gasteiger partial charge is 0.434 e. The second kappa shape index (κ2) is 14.2. The van der Waals surface area contributed by atoms with Crippen molar-refractivity contribution in [1.82, 2.24) is 24.2 Å². The number of alkyl halides is 2. The molecule has 1 aliphatic heterocycles. The summed E-state index contributed by atoms with van der Waals surface area (Å²) in [6.45, 7) is 1.30. The minimum Gasteiger partial charge on any atom is -0.496 e. The van der Waals surface area contributed by atoms with E-state index in [-0.39, 0.29) is 11.5 Å². The number of aliphatic hydroxyl groups is 1. The van der Waals surface area contributed by atoms with Crippen LogP contribution in [0.2, 0.25) is 0 Å². The van der Waals surface area contributed by atoms with Crippen molar-refractivity contribution in [3.8, 4) is 5.75 Å². The number of nitrogen functional groups attached to an aromatic ring is 1. The van der Waals surface area contributed by atoms with E-state index < -0.39 is 80.0 Å². The number of rotatable bonds is 14. The van der Waals surface area contributed by atoms with Gasteiger partial charge in [0.15, 0.2) is 17.9 Å². The molecule has 4 N–H and O–H groups in total. The van der Waals surface area contributed by atoms with Gasteiger partial charge in [0.2, 0.25) is 6.23 Å². The van der Waals surface area contributed by atoms with Crippen molar-refractivity contribution in [1.29, 1.82) is 0 Å². The van der Waals surface area contributed by atoms with Crippen molar-refractivity contribution >= 4 is 25.5 Å².